The highest BCUT2D eigenvalue weighted by Crippen LogP contribution is 2.62. The van der Waals surface area contributed by atoms with E-state index in [2.05, 4.69) is 11.3 Å². The lowest BCUT2D eigenvalue weighted by atomic mass is 9.93. The number of hydrogen-bond donors (Lipinski definition) is 0. The number of alkyl halides is 15. The molecule has 0 N–H and O–H groups in total. The van der Waals surface area contributed by atoms with E-state index in [1.807, 2.05) is 0 Å². The standard InChI is InChI=1S/C11H5F15O2/c1-3(2)4(27)28-11(25,26)9(20,21)7(16,17)5(12,13)6(14,15)8(18,19)10(22,23)24/h1H2,2H3. The number of carbonyl (C=O) groups excluding carboxylic acids is 1. The predicted octanol–water partition coefficient (Wildman–Crippen LogP) is 5.44. The lowest BCUT2D eigenvalue weighted by molar-refractivity contribution is -0.467. The number of rotatable bonds is 7. The van der Waals surface area contributed by atoms with Crippen molar-refractivity contribution in [1.29, 1.82) is 0 Å². The first-order valence-corrected chi connectivity index (χ1v) is 6.05. The van der Waals surface area contributed by atoms with Gasteiger partial charge in [0.2, 0.25) is 0 Å². The molecule has 17 heteroatoms. The van der Waals surface area contributed by atoms with Gasteiger partial charge in [-0.15, -0.1) is 0 Å². The van der Waals surface area contributed by atoms with E-state index in [0.717, 1.165) is 0 Å². The van der Waals surface area contributed by atoms with E-state index < -0.39 is 53.4 Å². The van der Waals surface area contributed by atoms with Crippen molar-refractivity contribution in [2.24, 2.45) is 0 Å². The number of hydrogen-bond acceptors (Lipinski definition) is 2. The molecule has 0 fully saturated rings. The van der Waals surface area contributed by atoms with Crippen molar-refractivity contribution in [3.8, 4) is 0 Å². The Morgan fingerprint density at radius 3 is 1.18 bits per heavy atom. The van der Waals surface area contributed by atoms with E-state index in [-0.39, 0.29) is 0 Å². The zero-order valence-corrected chi connectivity index (χ0v) is 12.7. The van der Waals surface area contributed by atoms with Gasteiger partial charge in [-0.25, -0.2) is 4.79 Å². The molecule has 166 valence electrons. The Morgan fingerprint density at radius 2 is 0.893 bits per heavy atom. The minimum Gasteiger partial charge on any atom is -0.393 e. The van der Waals surface area contributed by atoms with Gasteiger partial charge in [0.1, 0.15) is 0 Å². The van der Waals surface area contributed by atoms with Crippen molar-refractivity contribution >= 4 is 5.97 Å². The van der Waals surface area contributed by atoms with Gasteiger partial charge in [0.15, 0.2) is 0 Å². The highest BCUT2D eigenvalue weighted by molar-refractivity contribution is 5.87. The highest BCUT2D eigenvalue weighted by atomic mass is 19.4. The second kappa shape index (κ2) is 6.60. The van der Waals surface area contributed by atoms with Gasteiger partial charge >= 0.3 is 47.9 Å². The first-order valence-electron chi connectivity index (χ1n) is 6.05. The largest absolute Gasteiger partial charge is 0.473 e. The van der Waals surface area contributed by atoms with Crippen LogP contribution in [0.1, 0.15) is 6.92 Å². The summed E-state index contributed by atoms with van der Waals surface area (Å²) in [6.45, 7) is 2.94. The maximum Gasteiger partial charge on any atom is 0.473 e. The fourth-order valence-corrected chi connectivity index (χ4v) is 1.22. The van der Waals surface area contributed by atoms with E-state index in [1.165, 1.54) is 0 Å². The van der Waals surface area contributed by atoms with E-state index in [0.29, 0.717) is 6.92 Å². The molecule has 2 nitrogen and oxygen atoms in total. The minimum absolute atomic E-state index is 0.446. The highest BCUT2D eigenvalue weighted by Gasteiger charge is 2.94. The summed E-state index contributed by atoms with van der Waals surface area (Å²) in [6, 6.07) is 0. The lowest BCUT2D eigenvalue weighted by Gasteiger charge is -2.40. The van der Waals surface area contributed by atoms with Crippen molar-refractivity contribution in [2.75, 3.05) is 0 Å². The van der Waals surface area contributed by atoms with Gasteiger partial charge in [-0.2, -0.15) is 65.9 Å². The molecule has 0 aromatic carbocycles. The lowest BCUT2D eigenvalue weighted by Crippen LogP contribution is -2.73. The Kier molecular flexibility index (Phi) is 6.17. The maximum absolute atomic E-state index is 13.2. The fraction of sp³-hybridized carbons (Fsp3) is 0.727. The maximum atomic E-state index is 13.2. The van der Waals surface area contributed by atoms with Crippen molar-refractivity contribution in [1.82, 2.24) is 0 Å². The number of esters is 1. The summed E-state index contributed by atoms with van der Waals surface area (Å²) in [6.07, 6.45) is -14.8. The van der Waals surface area contributed by atoms with E-state index >= 15 is 0 Å². The third kappa shape index (κ3) is 3.46. The summed E-state index contributed by atoms with van der Waals surface area (Å²) < 4.78 is 194. The average Bonchev–Trinajstić information content (AvgIpc) is 2.44. The third-order valence-corrected chi connectivity index (χ3v) is 2.87. The van der Waals surface area contributed by atoms with Gasteiger partial charge in [-0.3, -0.25) is 0 Å². The molecule has 0 radical (unpaired) electrons. The Bertz CT molecular complexity index is 630. The summed E-state index contributed by atoms with van der Waals surface area (Å²) >= 11 is 0. The molecule has 0 aliphatic rings. The van der Waals surface area contributed by atoms with Crippen molar-refractivity contribution < 1.29 is 75.4 Å². The summed E-state index contributed by atoms with van der Waals surface area (Å²) in [4.78, 5) is 10.7. The molecule has 0 aliphatic heterocycles. The molecule has 0 saturated heterocycles. The zero-order valence-electron chi connectivity index (χ0n) is 12.7. The molecule has 0 aliphatic carbocycles. The normalized spacial score (nSPS) is 15.4. The van der Waals surface area contributed by atoms with Crippen molar-refractivity contribution in [2.45, 2.75) is 48.8 Å². The molecule has 28 heavy (non-hydrogen) atoms. The van der Waals surface area contributed by atoms with Gasteiger partial charge < -0.3 is 4.74 Å². The molecule has 0 amide bonds. The van der Waals surface area contributed by atoms with Crippen LogP contribution in [0.2, 0.25) is 0 Å². The van der Waals surface area contributed by atoms with Gasteiger partial charge in [0, 0.05) is 5.57 Å². The SMILES string of the molecule is C=C(C)C(=O)OC(F)(F)C(F)(F)C(F)(F)C(F)(F)C(F)(F)C(F)(F)C(F)(F)F. The second-order valence-corrected chi connectivity index (χ2v) is 5.06. The molecule has 0 unspecified atom stereocenters. The van der Waals surface area contributed by atoms with Crippen LogP contribution in [0.5, 0.6) is 0 Å². The fourth-order valence-electron chi connectivity index (χ4n) is 1.22. The Morgan fingerprint density at radius 1 is 0.607 bits per heavy atom. The first-order chi connectivity index (χ1) is 11.8. The summed E-state index contributed by atoms with van der Waals surface area (Å²) in [5, 5.41) is 0. The molecular weight excluding hydrogens is 449 g/mol. The van der Waals surface area contributed by atoms with Crippen LogP contribution in [0.4, 0.5) is 65.9 Å². The molecular formula is C11H5F15O2. The molecule has 0 spiro atoms. The van der Waals surface area contributed by atoms with Crippen LogP contribution in [-0.2, 0) is 9.53 Å². The molecule has 0 saturated carbocycles. The molecule has 0 atom stereocenters. The zero-order chi connectivity index (χ0) is 23.4. The summed E-state index contributed by atoms with van der Waals surface area (Å²) in [5.41, 5.74) is -1.22. The van der Waals surface area contributed by atoms with Crippen LogP contribution >= 0.6 is 0 Å². The monoisotopic (exact) mass is 454 g/mol. The second-order valence-electron chi connectivity index (χ2n) is 5.06. The van der Waals surface area contributed by atoms with Crippen LogP contribution in [0.3, 0.4) is 0 Å². The van der Waals surface area contributed by atoms with Gasteiger partial charge in [0.25, 0.3) is 0 Å². The third-order valence-electron chi connectivity index (χ3n) is 2.87. The van der Waals surface area contributed by atoms with Gasteiger partial charge in [-0.1, -0.05) is 6.58 Å². The number of ether oxygens (including phenoxy) is 1. The molecule has 0 bridgehead atoms. The van der Waals surface area contributed by atoms with Crippen molar-refractivity contribution in [3.05, 3.63) is 12.2 Å². The van der Waals surface area contributed by atoms with Crippen LogP contribution in [0.25, 0.3) is 0 Å². The van der Waals surface area contributed by atoms with Crippen LogP contribution in [0, 0.1) is 0 Å². The molecule has 0 aromatic heterocycles. The van der Waals surface area contributed by atoms with E-state index in [4.69, 9.17) is 0 Å². The van der Waals surface area contributed by atoms with E-state index in [1.54, 1.807) is 0 Å². The quantitative estimate of drug-likeness (QED) is 0.291. The predicted molar refractivity (Wildman–Crippen MR) is 56.6 cm³/mol. The van der Waals surface area contributed by atoms with Crippen molar-refractivity contribution in [3.63, 3.8) is 0 Å². The van der Waals surface area contributed by atoms with Gasteiger partial charge in [0.05, 0.1) is 0 Å². The molecule has 0 aromatic rings. The van der Waals surface area contributed by atoms with Crippen LogP contribution < -0.4 is 0 Å². The number of halogens is 15. The smallest absolute Gasteiger partial charge is 0.393 e. The Balaban J connectivity index is 6.47. The average molecular weight is 454 g/mol. The van der Waals surface area contributed by atoms with Gasteiger partial charge in [-0.05, 0) is 6.92 Å². The van der Waals surface area contributed by atoms with Crippen LogP contribution in [0.15, 0.2) is 12.2 Å². The topological polar surface area (TPSA) is 26.3 Å². The molecule has 0 heterocycles. The first kappa shape index (κ1) is 26.2. The number of carbonyl (C=O) groups is 1. The molecule has 0 rings (SSSR count). The summed E-state index contributed by atoms with van der Waals surface area (Å²) in [5.74, 6) is -43.7. The van der Waals surface area contributed by atoms with Crippen LogP contribution in [-0.4, -0.2) is 47.9 Å². The van der Waals surface area contributed by atoms with E-state index in [9.17, 15) is 70.7 Å². The Hall–Kier alpha value is -1.84. The summed E-state index contributed by atoms with van der Waals surface area (Å²) in [7, 11) is 0. The minimum atomic E-state index is -8.43. The Labute approximate surface area is 143 Å².